The van der Waals surface area contributed by atoms with E-state index in [0.29, 0.717) is 25.3 Å². The van der Waals surface area contributed by atoms with Gasteiger partial charge in [-0.2, -0.15) is 0 Å². The standard InChI is InChI=1S/C9H13ClN2O3S/c10-3-1-2-7(13)11-4-5-12-8(14)6-16-9(12)15/h1-6H2,(H,11,13). The van der Waals surface area contributed by atoms with Gasteiger partial charge < -0.3 is 5.32 Å². The third-order valence-corrected chi connectivity index (χ3v) is 3.16. The van der Waals surface area contributed by atoms with E-state index in [2.05, 4.69) is 5.32 Å². The summed E-state index contributed by atoms with van der Waals surface area (Å²) in [4.78, 5) is 34.7. The van der Waals surface area contributed by atoms with Crippen LogP contribution in [-0.2, 0) is 9.59 Å². The molecular weight excluding hydrogens is 252 g/mol. The minimum absolute atomic E-state index is 0.104. The van der Waals surface area contributed by atoms with E-state index in [4.69, 9.17) is 11.6 Å². The number of thioether (sulfide) groups is 1. The zero-order valence-electron chi connectivity index (χ0n) is 8.70. The minimum atomic E-state index is -0.236. The summed E-state index contributed by atoms with van der Waals surface area (Å²) in [5.41, 5.74) is 0. The number of alkyl halides is 1. The van der Waals surface area contributed by atoms with Gasteiger partial charge in [-0.25, -0.2) is 0 Å². The summed E-state index contributed by atoms with van der Waals surface area (Å²) in [6.07, 6.45) is 1.00. The number of nitrogens with zero attached hydrogens (tertiary/aromatic N) is 1. The number of nitrogens with one attached hydrogen (secondary N) is 1. The second-order valence-electron chi connectivity index (χ2n) is 3.24. The second kappa shape index (κ2) is 6.75. The maximum atomic E-state index is 11.2. The van der Waals surface area contributed by atoms with Gasteiger partial charge in [0, 0.05) is 25.4 Å². The van der Waals surface area contributed by atoms with E-state index in [0.717, 1.165) is 16.7 Å². The molecule has 0 bridgehead atoms. The van der Waals surface area contributed by atoms with E-state index in [9.17, 15) is 14.4 Å². The van der Waals surface area contributed by atoms with Crippen molar-refractivity contribution in [3.05, 3.63) is 0 Å². The lowest BCUT2D eigenvalue weighted by Crippen LogP contribution is -2.37. The molecule has 0 radical (unpaired) electrons. The Balaban J connectivity index is 2.17. The minimum Gasteiger partial charge on any atom is -0.354 e. The highest BCUT2D eigenvalue weighted by Gasteiger charge is 2.29. The molecule has 1 saturated heterocycles. The predicted octanol–water partition coefficient (Wildman–Crippen LogP) is 0.817. The molecule has 5 nitrogen and oxygen atoms in total. The van der Waals surface area contributed by atoms with Crippen LogP contribution in [0.2, 0.25) is 0 Å². The van der Waals surface area contributed by atoms with Gasteiger partial charge in [0.25, 0.3) is 5.24 Å². The van der Waals surface area contributed by atoms with Gasteiger partial charge in [-0.15, -0.1) is 11.6 Å². The number of halogens is 1. The van der Waals surface area contributed by atoms with E-state index in [1.807, 2.05) is 0 Å². The van der Waals surface area contributed by atoms with Crippen molar-refractivity contribution in [1.82, 2.24) is 10.2 Å². The van der Waals surface area contributed by atoms with Crippen LogP contribution in [0, 0.1) is 0 Å². The van der Waals surface area contributed by atoms with Crippen LogP contribution in [-0.4, -0.2) is 46.7 Å². The normalized spacial score (nSPS) is 15.7. The Bertz CT molecular complexity index is 282. The first-order valence-corrected chi connectivity index (χ1v) is 6.47. The highest BCUT2D eigenvalue weighted by Crippen LogP contribution is 2.17. The van der Waals surface area contributed by atoms with Gasteiger partial charge in [-0.3, -0.25) is 19.3 Å². The largest absolute Gasteiger partial charge is 0.354 e. The first-order valence-electron chi connectivity index (χ1n) is 4.95. The molecule has 0 aromatic rings. The van der Waals surface area contributed by atoms with Crippen molar-refractivity contribution < 1.29 is 14.4 Å². The molecule has 0 saturated carbocycles. The Labute approximate surface area is 103 Å². The van der Waals surface area contributed by atoms with Gasteiger partial charge in [0.05, 0.1) is 5.75 Å². The molecule has 1 N–H and O–H groups in total. The lowest BCUT2D eigenvalue weighted by atomic mass is 10.3. The number of imide groups is 1. The SMILES string of the molecule is O=C(CCCCl)NCCN1C(=O)CSC1=O. The van der Waals surface area contributed by atoms with E-state index in [1.54, 1.807) is 0 Å². The fourth-order valence-corrected chi connectivity index (χ4v) is 2.11. The van der Waals surface area contributed by atoms with Crippen LogP contribution in [0.1, 0.15) is 12.8 Å². The maximum Gasteiger partial charge on any atom is 0.288 e. The summed E-state index contributed by atoms with van der Waals surface area (Å²) in [5, 5.41) is 2.40. The van der Waals surface area contributed by atoms with Gasteiger partial charge in [-0.1, -0.05) is 11.8 Å². The van der Waals surface area contributed by atoms with E-state index >= 15 is 0 Å². The van der Waals surface area contributed by atoms with Gasteiger partial charge >= 0.3 is 0 Å². The predicted molar refractivity (Wildman–Crippen MR) is 62.5 cm³/mol. The summed E-state index contributed by atoms with van der Waals surface area (Å²) in [5.74, 6) is 0.365. The fourth-order valence-electron chi connectivity index (χ4n) is 1.22. The first-order chi connectivity index (χ1) is 7.65. The zero-order valence-corrected chi connectivity index (χ0v) is 10.3. The summed E-state index contributed by atoms with van der Waals surface area (Å²) < 4.78 is 0. The van der Waals surface area contributed by atoms with Crippen molar-refractivity contribution in [3.8, 4) is 0 Å². The van der Waals surface area contributed by atoms with Crippen molar-refractivity contribution >= 4 is 40.4 Å². The molecule has 7 heteroatoms. The summed E-state index contributed by atoms with van der Waals surface area (Å²) in [6, 6.07) is 0. The molecule has 90 valence electrons. The van der Waals surface area contributed by atoms with Crippen molar-refractivity contribution in [2.75, 3.05) is 24.7 Å². The Morgan fingerprint density at radius 1 is 1.50 bits per heavy atom. The Morgan fingerprint density at radius 2 is 2.25 bits per heavy atom. The average molecular weight is 265 g/mol. The molecule has 1 aliphatic heterocycles. The Hall–Kier alpha value is -0.750. The zero-order chi connectivity index (χ0) is 12.0. The van der Waals surface area contributed by atoms with Crippen LogP contribution in [0.15, 0.2) is 0 Å². The van der Waals surface area contributed by atoms with Gasteiger partial charge in [0.15, 0.2) is 0 Å². The van der Waals surface area contributed by atoms with Crippen molar-refractivity contribution in [3.63, 3.8) is 0 Å². The maximum absolute atomic E-state index is 11.2. The van der Waals surface area contributed by atoms with Crippen LogP contribution in [0.25, 0.3) is 0 Å². The fraction of sp³-hybridized carbons (Fsp3) is 0.667. The van der Waals surface area contributed by atoms with Crippen LogP contribution < -0.4 is 5.32 Å². The number of rotatable bonds is 6. The quantitative estimate of drug-likeness (QED) is 0.721. The summed E-state index contributed by atoms with van der Waals surface area (Å²) in [7, 11) is 0. The molecule has 0 unspecified atom stereocenters. The number of hydrogen-bond acceptors (Lipinski definition) is 4. The Kier molecular flexibility index (Phi) is 5.62. The van der Waals surface area contributed by atoms with Gasteiger partial charge in [0.2, 0.25) is 11.8 Å². The number of amides is 3. The molecule has 0 aromatic carbocycles. The Morgan fingerprint density at radius 3 is 2.81 bits per heavy atom. The lowest BCUT2D eigenvalue weighted by Gasteiger charge is -2.12. The van der Waals surface area contributed by atoms with Crippen molar-refractivity contribution in [2.45, 2.75) is 12.8 Å². The number of carbonyl (C=O) groups excluding carboxylic acids is 3. The summed E-state index contributed by atoms with van der Waals surface area (Å²) in [6.45, 7) is 0.552. The molecule has 1 rings (SSSR count). The molecule has 0 atom stereocenters. The summed E-state index contributed by atoms with van der Waals surface area (Å²) >= 11 is 6.43. The number of carbonyl (C=O) groups is 3. The highest BCUT2D eigenvalue weighted by atomic mass is 35.5. The molecule has 1 fully saturated rings. The molecule has 3 amide bonds. The third-order valence-electron chi connectivity index (χ3n) is 2.04. The number of hydrogen-bond donors (Lipinski definition) is 1. The molecular formula is C9H13ClN2O3S. The molecule has 0 aromatic heterocycles. The molecule has 1 heterocycles. The van der Waals surface area contributed by atoms with Crippen molar-refractivity contribution in [2.24, 2.45) is 0 Å². The van der Waals surface area contributed by atoms with Gasteiger partial charge in [-0.05, 0) is 6.42 Å². The van der Waals surface area contributed by atoms with Crippen molar-refractivity contribution in [1.29, 1.82) is 0 Å². The second-order valence-corrected chi connectivity index (χ2v) is 4.55. The monoisotopic (exact) mass is 264 g/mol. The topological polar surface area (TPSA) is 66.5 Å². The van der Waals surface area contributed by atoms with E-state index in [-0.39, 0.29) is 29.4 Å². The van der Waals surface area contributed by atoms with Crippen LogP contribution in [0.4, 0.5) is 4.79 Å². The highest BCUT2D eigenvalue weighted by molar-refractivity contribution is 8.14. The van der Waals surface area contributed by atoms with Gasteiger partial charge in [0.1, 0.15) is 0 Å². The van der Waals surface area contributed by atoms with Crippen LogP contribution in [0.3, 0.4) is 0 Å². The molecule has 16 heavy (non-hydrogen) atoms. The molecule has 1 aliphatic rings. The molecule has 0 aliphatic carbocycles. The third kappa shape index (κ3) is 4.02. The average Bonchev–Trinajstić information content (AvgIpc) is 2.57. The van der Waals surface area contributed by atoms with E-state index in [1.165, 1.54) is 0 Å². The lowest BCUT2D eigenvalue weighted by molar-refractivity contribution is -0.125. The first kappa shape index (κ1) is 13.3. The molecule has 0 spiro atoms. The van der Waals surface area contributed by atoms with Crippen LogP contribution in [0.5, 0.6) is 0 Å². The van der Waals surface area contributed by atoms with Crippen LogP contribution >= 0.6 is 23.4 Å². The van der Waals surface area contributed by atoms with E-state index < -0.39 is 0 Å². The smallest absolute Gasteiger partial charge is 0.288 e.